The smallest absolute Gasteiger partial charge is 0.248 e. The van der Waals surface area contributed by atoms with Gasteiger partial charge in [0.1, 0.15) is 6.04 Å². The highest BCUT2D eigenvalue weighted by Gasteiger charge is 2.34. The Morgan fingerprint density at radius 3 is 2.94 bits per heavy atom. The van der Waals surface area contributed by atoms with Gasteiger partial charge in [-0.1, -0.05) is 17.7 Å². The van der Waals surface area contributed by atoms with E-state index in [-0.39, 0.29) is 5.91 Å². The molecule has 1 aromatic heterocycles. The number of thiophene rings is 1. The van der Waals surface area contributed by atoms with Crippen LogP contribution in [0.5, 0.6) is 0 Å². The highest BCUT2D eigenvalue weighted by Crippen LogP contribution is 2.37. The summed E-state index contributed by atoms with van der Waals surface area (Å²) in [4.78, 5) is 15.0. The molecule has 18 heavy (non-hydrogen) atoms. The summed E-state index contributed by atoms with van der Waals surface area (Å²) >= 11 is 7.57. The second-order valence-corrected chi connectivity index (χ2v) is 5.65. The maximum absolute atomic E-state index is 12.2. The zero-order valence-corrected chi connectivity index (χ0v) is 11.0. The number of halogens is 1. The van der Waals surface area contributed by atoms with E-state index in [2.05, 4.69) is 0 Å². The number of nitrogens with zero attached hydrogens (tertiary/aromatic N) is 1. The Labute approximate surface area is 114 Å². The van der Waals surface area contributed by atoms with Crippen molar-refractivity contribution in [1.82, 2.24) is 0 Å². The molecule has 3 rings (SSSR count). The number of benzene rings is 1. The molecule has 0 saturated carbocycles. The van der Waals surface area contributed by atoms with Gasteiger partial charge >= 0.3 is 0 Å². The van der Waals surface area contributed by atoms with Crippen LogP contribution in [0.3, 0.4) is 0 Å². The Morgan fingerprint density at radius 1 is 1.39 bits per heavy atom. The van der Waals surface area contributed by atoms with Crippen molar-refractivity contribution in [2.75, 3.05) is 4.90 Å². The largest absolute Gasteiger partial charge is 0.316 e. The van der Waals surface area contributed by atoms with E-state index in [0.717, 1.165) is 16.1 Å². The number of rotatable bonds is 2. The van der Waals surface area contributed by atoms with Crippen LogP contribution >= 0.6 is 22.9 Å². The first-order valence-corrected chi connectivity index (χ1v) is 6.81. The molecule has 1 aliphatic heterocycles. The lowest BCUT2D eigenvalue weighted by Crippen LogP contribution is -2.30. The lowest BCUT2D eigenvalue weighted by Gasteiger charge is -2.16. The molecule has 1 unspecified atom stereocenters. The van der Waals surface area contributed by atoms with Gasteiger partial charge in [0.25, 0.3) is 0 Å². The van der Waals surface area contributed by atoms with Crippen LogP contribution in [0.2, 0.25) is 5.02 Å². The molecular formula is C13H11ClN2OS. The molecule has 92 valence electrons. The van der Waals surface area contributed by atoms with Crippen molar-refractivity contribution < 1.29 is 4.79 Å². The summed E-state index contributed by atoms with van der Waals surface area (Å²) in [5, 5.41) is 2.61. The van der Waals surface area contributed by atoms with Gasteiger partial charge in [0, 0.05) is 21.2 Å². The number of hydrogen-bond acceptors (Lipinski definition) is 3. The fourth-order valence-electron chi connectivity index (χ4n) is 2.16. The topological polar surface area (TPSA) is 46.3 Å². The van der Waals surface area contributed by atoms with Gasteiger partial charge in [0.2, 0.25) is 5.91 Å². The van der Waals surface area contributed by atoms with Gasteiger partial charge in [0.05, 0.1) is 6.54 Å². The summed E-state index contributed by atoms with van der Waals surface area (Å²) in [5.74, 6) is -0.0688. The molecule has 0 saturated heterocycles. The third kappa shape index (κ3) is 1.82. The van der Waals surface area contributed by atoms with Crippen molar-refractivity contribution >= 4 is 34.5 Å². The maximum Gasteiger partial charge on any atom is 0.248 e. The number of nitrogens with two attached hydrogens (primary N) is 1. The minimum absolute atomic E-state index is 0.0688. The van der Waals surface area contributed by atoms with Crippen LogP contribution in [0, 0.1) is 0 Å². The van der Waals surface area contributed by atoms with Crippen LogP contribution in [0.15, 0.2) is 35.7 Å². The van der Waals surface area contributed by atoms with Crippen LogP contribution in [-0.4, -0.2) is 5.91 Å². The van der Waals surface area contributed by atoms with Crippen molar-refractivity contribution in [3.8, 4) is 0 Å². The molecule has 0 spiro atoms. The third-order valence-electron chi connectivity index (χ3n) is 3.04. The molecule has 2 heterocycles. The molecule has 0 aliphatic carbocycles. The van der Waals surface area contributed by atoms with E-state index in [1.165, 1.54) is 0 Å². The molecule has 1 aromatic carbocycles. The van der Waals surface area contributed by atoms with Crippen LogP contribution in [0.25, 0.3) is 0 Å². The summed E-state index contributed by atoms with van der Waals surface area (Å²) in [5.41, 5.74) is 7.61. The van der Waals surface area contributed by atoms with Gasteiger partial charge in [-0.05, 0) is 29.6 Å². The van der Waals surface area contributed by atoms with Crippen LogP contribution < -0.4 is 10.6 Å². The molecule has 5 heteroatoms. The molecule has 0 bridgehead atoms. The molecule has 2 N–H and O–H groups in total. The molecule has 1 atom stereocenters. The summed E-state index contributed by atoms with van der Waals surface area (Å²) in [7, 11) is 0. The first-order valence-electron chi connectivity index (χ1n) is 5.55. The molecule has 2 aromatic rings. The Morgan fingerprint density at radius 2 is 2.22 bits per heavy atom. The second-order valence-electron chi connectivity index (χ2n) is 4.18. The number of carbonyl (C=O) groups is 1. The van der Waals surface area contributed by atoms with Crippen LogP contribution in [0.4, 0.5) is 5.69 Å². The van der Waals surface area contributed by atoms with Gasteiger partial charge in [-0.2, -0.15) is 0 Å². The highest BCUT2D eigenvalue weighted by molar-refractivity contribution is 7.09. The minimum Gasteiger partial charge on any atom is -0.316 e. The maximum atomic E-state index is 12.2. The quantitative estimate of drug-likeness (QED) is 0.918. The normalized spacial score (nSPS) is 18.2. The van der Waals surface area contributed by atoms with E-state index < -0.39 is 6.04 Å². The Hall–Kier alpha value is -1.36. The van der Waals surface area contributed by atoms with Crippen molar-refractivity contribution in [1.29, 1.82) is 0 Å². The molecular weight excluding hydrogens is 268 g/mol. The monoisotopic (exact) mass is 278 g/mol. The number of amides is 1. The number of hydrogen-bond donors (Lipinski definition) is 1. The fraction of sp³-hybridized carbons (Fsp3) is 0.154. The fourth-order valence-corrected chi connectivity index (χ4v) is 3.03. The first-order chi connectivity index (χ1) is 8.66. The number of carbonyl (C=O) groups excluding carboxylic acids is 1. The lowest BCUT2D eigenvalue weighted by atomic mass is 10.1. The zero-order valence-electron chi connectivity index (χ0n) is 9.47. The van der Waals surface area contributed by atoms with E-state index in [9.17, 15) is 4.79 Å². The van der Waals surface area contributed by atoms with Gasteiger partial charge < -0.3 is 10.6 Å². The lowest BCUT2D eigenvalue weighted by molar-refractivity contribution is -0.119. The standard InChI is InChI=1S/C13H11ClN2OS/c14-8-3-4-11-10(6-8)12(15)13(17)16(11)7-9-2-1-5-18-9/h1-6,12H,7,15H2. The number of fused-ring (bicyclic) bond motifs is 1. The summed E-state index contributed by atoms with van der Waals surface area (Å²) in [6.07, 6.45) is 0. The van der Waals surface area contributed by atoms with E-state index >= 15 is 0 Å². The van der Waals surface area contributed by atoms with Crippen molar-refractivity contribution in [3.63, 3.8) is 0 Å². The molecule has 1 amide bonds. The third-order valence-corrected chi connectivity index (χ3v) is 4.14. The van der Waals surface area contributed by atoms with Gasteiger partial charge in [-0.15, -0.1) is 11.3 Å². The average Bonchev–Trinajstić information content (AvgIpc) is 2.94. The molecule has 1 aliphatic rings. The van der Waals surface area contributed by atoms with E-state index in [4.69, 9.17) is 17.3 Å². The molecule has 0 fully saturated rings. The summed E-state index contributed by atoms with van der Waals surface area (Å²) in [6.45, 7) is 0.568. The summed E-state index contributed by atoms with van der Waals surface area (Å²) in [6, 6.07) is 8.80. The second kappa shape index (κ2) is 4.39. The number of anilines is 1. The minimum atomic E-state index is -0.598. The van der Waals surface area contributed by atoms with Gasteiger partial charge in [-0.3, -0.25) is 4.79 Å². The predicted molar refractivity (Wildman–Crippen MR) is 73.9 cm³/mol. The molecule has 3 nitrogen and oxygen atoms in total. The van der Waals surface area contributed by atoms with E-state index in [1.807, 2.05) is 23.6 Å². The Bertz CT molecular complexity index is 597. The van der Waals surface area contributed by atoms with Crippen molar-refractivity contribution in [3.05, 3.63) is 51.2 Å². The SMILES string of the molecule is NC1C(=O)N(Cc2cccs2)c2ccc(Cl)cc21. The van der Waals surface area contributed by atoms with Crippen molar-refractivity contribution in [2.24, 2.45) is 5.73 Å². The van der Waals surface area contributed by atoms with Gasteiger partial charge in [0.15, 0.2) is 0 Å². The van der Waals surface area contributed by atoms with Crippen LogP contribution in [0.1, 0.15) is 16.5 Å². The van der Waals surface area contributed by atoms with E-state index in [0.29, 0.717) is 11.6 Å². The zero-order chi connectivity index (χ0) is 12.7. The first kappa shape index (κ1) is 11.7. The Balaban J connectivity index is 1.99. The van der Waals surface area contributed by atoms with E-state index in [1.54, 1.807) is 28.4 Å². The Kier molecular flexibility index (Phi) is 2.86. The predicted octanol–water partition coefficient (Wildman–Crippen LogP) is 2.95. The average molecular weight is 279 g/mol. The summed E-state index contributed by atoms with van der Waals surface area (Å²) < 4.78 is 0. The molecule has 0 radical (unpaired) electrons. The van der Waals surface area contributed by atoms with Crippen molar-refractivity contribution in [2.45, 2.75) is 12.6 Å². The van der Waals surface area contributed by atoms with Gasteiger partial charge in [-0.25, -0.2) is 0 Å². The highest BCUT2D eigenvalue weighted by atomic mass is 35.5. The van der Waals surface area contributed by atoms with Crippen LogP contribution in [-0.2, 0) is 11.3 Å².